The van der Waals surface area contributed by atoms with Gasteiger partial charge in [-0.25, -0.2) is 19.7 Å². The lowest BCUT2D eigenvalue weighted by atomic mass is 9.89. The number of likely N-dealkylation sites (tertiary alicyclic amines) is 1. The smallest absolute Gasteiger partial charge is 0.335 e. The standard InChI is InChI=1S/C36H38ClFN8O4/c37-29-11-12-31(46-22-39-41-42-46)28(33(29)38)10-13-32(47)45-21-16-26-27(34(45)35(48)40-24-8-6-23(7-9-24)36(49)50)4-3-5-30(26)44-19-14-25(15-20-44)43-17-1-2-18-43/h3-13,22,25,34,41-42H,1-2,14-21H2,(H,40,48)(H,49,50)/b13-10+. The van der Waals surface area contributed by atoms with Crippen LogP contribution < -0.4 is 26.3 Å². The lowest BCUT2D eigenvalue weighted by Gasteiger charge is -2.41. The van der Waals surface area contributed by atoms with Gasteiger partial charge in [0.15, 0.2) is 5.82 Å². The number of carboxylic acids is 1. The highest BCUT2D eigenvalue weighted by Gasteiger charge is 2.37. The SMILES string of the molecule is O=C(O)c1ccc(NC(=O)C2c3cccc(N4CCC(N5CCCC5)CC4)c3CCN2C(=O)/C=C/c2c(N3C=NNN3)ccc(Cl)c2F)cc1. The minimum atomic E-state index is -1.08. The Morgan fingerprint density at radius 3 is 2.42 bits per heavy atom. The molecular formula is C36H38ClFN8O4. The van der Waals surface area contributed by atoms with Gasteiger partial charge in [0.1, 0.15) is 12.4 Å². The van der Waals surface area contributed by atoms with Crippen molar-refractivity contribution in [3.05, 3.63) is 93.8 Å². The van der Waals surface area contributed by atoms with Crippen LogP contribution in [0.2, 0.25) is 5.02 Å². The summed E-state index contributed by atoms with van der Waals surface area (Å²) >= 11 is 6.12. The summed E-state index contributed by atoms with van der Waals surface area (Å²) in [6.07, 6.45) is 9.23. The molecule has 4 aliphatic heterocycles. The fourth-order valence-corrected chi connectivity index (χ4v) is 7.61. The molecular weight excluding hydrogens is 663 g/mol. The topological polar surface area (TPSA) is 133 Å². The monoisotopic (exact) mass is 700 g/mol. The number of carboxylic acid groups (broad SMARTS) is 1. The molecule has 12 nitrogen and oxygen atoms in total. The van der Waals surface area contributed by atoms with E-state index < -0.39 is 29.6 Å². The zero-order valence-electron chi connectivity index (χ0n) is 27.3. The number of anilines is 3. The first-order valence-electron chi connectivity index (χ1n) is 16.8. The summed E-state index contributed by atoms with van der Waals surface area (Å²) in [7, 11) is 0. The number of amides is 2. The summed E-state index contributed by atoms with van der Waals surface area (Å²) in [5.41, 5.74) is 9.05. The Hall–Kier alpha value is -4.98. The van der Waals surface area contributed by atoms with E-state index in [4.69, 9.17) is 11.6 Å². The first-order chi connectivity index (χ1) is 24.3. The number of hydrazine groups is 2. The van der Waals surface area contributed by atoms with Gasteiger partial charge in [0.05, 0.1) is 16.3 Å². The van der Waals surface area contributed by atoms with Crippen LogP contribution in [0.1, 0.15) is 58.8 Å². The van der Waals surface area contributed by atoms with Gasteiger partial charge in [-0.2, -0.15) is 5.10 Å². The van der Waals surface area contributed by atoms with E-state index in [0.717, 1.165) is 42.7 Å². The Labute approximate surface area is 294 Å². The lowest BCUT2D eigenvalue weighted by molar-refractivity contribution is -0.135. The molecule has 4 heterocycles. The largest absolute Gasteiger partial charge is 0.478 e. The van der Waals surface area contributed by atoms with Crippen molar-refractivity contribution in [3.63, 3.8) is 0 Å². The van der Waals surface area contributed by atoms with Crippen molar-refractivity contribution in [2.24, 2.45) is 5.10 Å². The van der Waals surface area contributed by atoms with Crippen LogP contribution in [0, 0.1) is 5.82 Å². The number of hydrogen-bond acceptors (Lipinski definition) is 9. The van der Waals surface area contributed by atoms with E-state index in [-0.39, 0.29) is 22.7 Å². The maximum Gasteiger partial charge on any atom is 0.335 e. The van der Waals surface area contributed by atoms with Crippen molar-refractivity contribution in [2.75, 3.05) is 47.9 Å². The molecule has 260 valence electrons. The van der Waals surface area contributed by atoms with Crippen molar-refractivity contribution in [3.8, 4) is 0 Å². The number of rotatable bonds is 8. The number of nitrogens with one attached hydrogen (secondary N) is 3. The van der Waals surface area contributed by atoms with Gasteiger partial charge >= 0.3 is 5.97 Å². The van der Waals surface area contributed by atoms with E-state index in [9.17, 15) is 19.5 Å². The van der Waals surface area contributed by atoms with Crippen LogP contribution >= 0.6 is 11.6 Å². The van der Waals surface area contributed by atoms with E-state index in [2.05, 4.69) is 37.4 Å². The number of piperidine rings is 1. The van der Waals surface area contributed by atoms with Crippen molar-refractivity contribution in [1.82, 2.24) is 20.9 Å². The number of nitrogens with zero attached hydrogens (tertiary/aromatic N) is 5. The fourth-order valence-electron chi connectivity index (χ4n) is 7.45. The zero-order valence-corrected chi connectivity index (χ0v) is 28.1. The highest BCUT2D eigenvalue weighted by Crippen LogP contribution is 2.38. The van der Waals surface area contributed by atoms with Crippen LogP contribution in [0.5, 0.6) is 0 Å². The quantitative estimate of drug-likeness (QED) is 0.245. The van der Waals surface area contributed by atoms with Gasteiger partial charge in [0, 0.05) is 48.7 Å². The maximum absolute atomic E-state index is 15.3. The normalized spacial score (nSPS) is 19.6. The first-order valence-corrected chi connectivity index (χ1v) is 17.2. The molecule has 0 aliphatic carbocycles. The molecule has 50 heavy (non-hydrogen) atoms. The van der Waals surface area contributed by atoms with Crippen LogP contribution in [-0.2, 0) is 16.0 Å². The molecule has 0 bridgehead atoms. The number of benzene rings is 3. The second-order valence-corrected chi connectivity index (χ2v) is 13.2. The van der Waals surface area contributed by atoms with Gasteiger partial charge in [-0.1, -0.05) is 23.7 Å². The molecule has 1 atom stereocenters. The molecule has 0 spiro atoms. The number of carbonyl (C=O) groups excluding carboxylic acids is 2. The van der Waals surface area contributed by atoms with E-state index in [1.54, 1.807) is 6.07 Å². The van der Waals surface area contributed by atoms with E-state index in [0.29, 0.717) is 23.8 Å². The van der Waals surface area contributed by atoms with Crippen LogP contribution in [0.3, 0.4) is 0 Å². The molecule has 0 radical (unpaired) electrons. The van der Waals surface area contributed by atoms with Gasteiger partial charge < -0.3 is 25.1 Å². The number of fused-ring (bicyclic) bond motifs is 1. The number of halogens is 2. The van der Waals surface area contributed by atoms with Crippen LogP contribution in [-0.4, -0.2) is 77.8 Å². The number of hydrogen-bond donors (Lipinski definition) is 4. The fraction of sp³-hybridized carbons (Fsp3) is 0.333. The summed E-state index contributed by atoms with van der Waals surface area (Å²) in [5.74, 6) is -2.72. The van der Waals surface area contributed by atoms with Crippen LogP contribution in [0.25, 0.3) is 6.08 Å². The minimum Gasteiger partial charge on any atom is -0.478 e. The molecule has 2 amide bonds. The number of carbonyl (C=O) groups is 3. The highest BCUT2D eigenvalue weighted by molar-refractivity contribution is 6.31. The summed E-state index contributed by atoms with van der Waals surface area (Å²) in [5, 5.41) is 17.4. The lowest BCUT2D eigenvalue weighted by Crippen LogP contribution is -2.46. The Morgan fingerprint density at radius 1 is 0.960 bits per heavy atom. The predicted octanol–water partition coefficient (Wildman–Crippen LogP) is 4.79. The van der Waals surface area contributed by atoms with Gasteiger partial charge in [-0.05, 0) is 105 Å². The molecule has 0 aromatic heterocycles. The molecule has 0 saturated carbocycles. The summed E-state index contributed by atoms with van der Waals surface area (Å²) in [6, 6.07) is 14.4. The molecule has 3 aromatic carbocycles. The van der Waals surface area contributed by atoms with Crippen molar-refractivity contribution in [2.45, 2.75) is 44.2 Å². The van der Waals surface area contributed by atoms with Crippen molar-refractivity contribution in [1.29, 1.82) is 0 Å². The van der Waals surface area contributed by atoms with Gasteiger partial charge in [-0.15, -0.1) is 5.53 Å². The van der Waals surface area contributed by atoms with Gasteiger partial charge in [0.25, 0.3) is 5.91 Å². The Morgan fingerprint density at radius 2 is 1.72 bits per heavy atom. The van der Waals surface area contributed by atoms with E-state index in [1.165, 1.54) is 84.7 Å². The van der Waals surface area contributed by atoms with Crippen LogP contribution in [0.4, 0.5) is 21.5 Å². The maximum atomic E-state index is 15.3. The minimum absolute atomic E-state index is 0.0602. The van der Waals surface area contributed by atoms with Crippen LogP contribution in [0.15, 0.2) is 65.8 Å². The molecule has 4 aliphatic rings. The molecule has 14 heteroatoms. The van der Waals surface area contributed by atoms with Gasteiger partial charge in [-0.3, -0.25) is 9.59 Å². The van der Waals surface area contributed by atoms with Crippen molar-refractivity contribution < 1.29 is 23.9 Å². The predicted molar refractivity (Wildman–Crippen MR) is 190 cm³/mol. The third kappa shape index (κ3) is 6.76. The Balaban J connectivity index is 1.19. The highest BCUT2D eigenvalue weighted by atomic mass is 35.5. The summed E-state index contributed by atoms with van der Waals surface area (Å²) in [4.78, 5) is 46.1. The molecule has 2 saturated heterocycles. The first kappa shape index (κ1) is 33.5. The number of hydrazone groups is 1. The summed E-state index contributed by atoms with van der Waals surface area (Å²) < 4.78 is 15.3. The number of aromatic carboxylic acids is 1. The average molecular weight is 701 g/mol. The molecule has 1 unspecified atom stereocenters. The summed E-state index contributed by atoms with van der Waals surface area (Å²) in [6.45, 7) is 4.42. The van der Waals surface area contributed by atoms with E-state index >= 15 is 4.39 Å². The molecule has 3 aromatic rings. The molecule has 4 N–H and O–H groups in total. The third-order valence-electron chi connectivity index (χ3n) is 9.96. The third-order valence-corrected chi connectivity index (χ3v) is 10.3. The van der Waals surface area contributed by atoms with Gasteiger partial charge in [0.2, 0.25) is 5.91 Å². The second-order valence-electron chi connectivity index (χ2n) is 12.8. The average Bonchev–Trinajstić information content (AvgIpc) is 3.88. The van der Waals surface area contributed by atoms with Crippen molar-refractivity contribution >= 4 is 58.9 Å². The Kier molecular flexibility index (Phi) is 9.70. The Bertz CT molecular complexity index is 1840. The second kappa shape index (κ2) is 14.5. The zero-order chi connectivity index (χ0) is 34.8. The molecule has 7 rings (SSSR count). The van der Waals surface area contributed by atoms with E-state index in [1.807, 2.05) is 12.1 Å². The molecule has 2 fully saturated rings.